The van der Waals surface area contributed by atoms with Crippen LogP contribution >= 0.6 is 0 Å². The van der Waals surface area contributed by atoms with E-state index in [0.717, 1.165) is 16.7 Å². The molecule has 0 saturated carbocycles. The molecule has 1 heterocycles. The third kappa shape index (κ3) is 1.26. The van der Waals surface area contributed by atoms with E-state index in [1.807, 2.05) is 29.8 Å². The Morgan fingerprint density at radius 1 is 1.54 bits per heavy atom. The molecule has 0 radical (unpaired) electrons. The molecule has 0 atom stereocenters. The lowest BCUT2D eigenvalue weighted by atomic mass is 10.3. The second kappa shape index (κ2) is 2.90. The first-order chi connectivity index (χ1) is 6.31. The predicted octanol–water partition coefficient (Wildman–Crippen LogP) is 1.14. The minimum atomic E-state index is 0.664. The number of fused-ring (bicyclic) bond motifs is 1. The van der Waals surface area contributed by atoms with E-state index in [-0.39, 0.29) is 0 Å². The van der Waals surface area contributed by atoms with Crippen molar-refractivity contribution in [3.05, 3.63) is 24.5 Å². The number of aryl methyl sites for hydroxylation is 1. The number of nitrogens with zero attached hydrogens (tertiary/aromatic N) is 2. The molecule has 1 aromatic heterocycles. The summed E-state index contributed by atoms with van der Waals surface area (Å²) >= 11 is 0. The van der Waals surface area contributed by atoms with Crippen LogP contribution in [0, 0.1) is 0 Å². The zero-order chi connectivity index (χ0) is 9.26. The van der Waals surface area contributed by atoms with Gasteiger partial charge >= 0.3 is 0 Å². The van der Waals surface area contributed by atoms with Crippen molar-refractivity contribution in [1.82, 2.24) is 9.55 Å². The molecule has 0 saturated heterocycles. The molecule has 1 aromatic carbocycles. The molecule has 66 valence electrons. The van der Waals surface area contributed by atoms with E-state index < -0.39 is 0 Å². The SMILES string of the molecule is Cn1cnc2ccc(NC=O)cc21. The van der Waals surface area contributed by atoms with Gasteiger partial charge in [0.1, 0.15) is 0 Å². The number of nitrogens with one attached hydrogen (secondary N) is 1. The van der Waals surface area contributed by atoms with Crippen molar-refractivity contribution in [3.63, 3.8) is 0 Å². The van der Waals surface area contributed by atoms with Crippen molar-refractivity contribution in [2.24, 2.45) is 7.05 Å². The van der Waals surface area contributed by atoms with Gasteiger partial charge in [0.2, 0.25) is 6.41 Å². The first-order valence-corrected chi connectivity index (χ1v) is 3.92. The fraction of sp³-hybridized carbons (Fsp3) is 0.111. The molecule has 4 heteroatoms. The predicted molar refractivity (Wildman–Crippen MR) is 50.4 cm³/mol. The standard InChI is InChI=1S/C9H9N3O/c1-12-5-10-8-3-2-7(11-6-13)4-9(8)12/h2-6H,1H3,(H,11,13). The Bertz CT molecular complexity index is 447. The molecule has 2 aromatic rings. The first kappa shape index (κ1) is 7.79. The molecule has 0 aliphatic carbocycles. The van der Waals surface area contributed by atoms with Gasteiger partial charge in [0, 0.05) is 12.7 Å². The molecule has 0 bridgehead atoms. The van der Waals surface area contributed by atoms with Crippen LogP contribution < -0.4 is 5.32 Å². The number of amides is 1. The molecule has 4 nitrogen and oxygen atoms in total. The summed E-state index contributed by atoms with van der Waals surface area (Å²) in [6.07, 6.45) is 2.41. The highest BCUT2D eigenvalue weighted by Crippen LogP contribution is 2.16. The van der Waals surface area contributed by atoms with Crippen LogP contribution in [-0.2, 0) is 11.8 Å². The van der Waals surface area contributed by atoms with E-state index in [0.29, 0.717) is 6.41 Å². The summed E-state index contributed by atoms with van der Waals surface area (Å²) in [5, 5.41) is 2.60. The van der Waals surface area contributed by atoms with Crippen molar-refractivity contribution >= 4 is 23.1 Å². The van der Waals surface area contributed by atoms with Crippen molar-refractivity contribution in [3.8, 4) is 0 Å². The molecule has 0 aliphatic rings. The zero-order valence-electron chi connectivity index (χ0n) is 7.19. The Morgan fingerprint density at radius 2 is 2.38 bits per heavy atom. The number of carbonyl (C=O) groups excluding carboxylic acids is 1. The summed E-state index contributed by atoms with van der Waals surface area (Å²) in [5.74, 6) is 0. The molecule has 1 amide bonds. The smallest absolute Gasteiger partial charge is 0.211 e. The lowest BCUT2D eigenvalue weighted by molar-refractivity contribution is -0.105. The molecule has 0 spiro atoms. The van der Waals surface area contributed by atoms with E-state index in [1.165, 1.54) is 0 Å². The van der Waals surface area contributed by atoms with Gasteiger partial charge in [0.25, 0.3) is 0 Å². The van der Waals surface area contributed by atoms with Gasteiger partial charge in [-0.05, 0) is 18.2 Å². The fourth-order valence-electron chi connectivity index (χ4n) is 1.28. The molecule has 0 aliphatic heterocycles. The van der Waals surface area contributed by atoms with Crippen molar-refractivity contribution < 1.29 is 4.79 Å². The summed E-state index contributed by atoms with van der Waals surface area (Å²) in [5.41, 5.74) is 2.72. The third-order valence-corrected chi connectivity index (χ3v) is 1.95. The molecule has 1 N–H and O–H groups in total. The van der Waals surface area contributed by atoms with Gasteiger partial charge in [0.05, 0.1) is 17.4 Å². The Morgan fingerprint density at radius 3 is 3.15 bits per heavy atom. The van der Waals surface area contributed by atoms with E-state index in [2.05, 4.69) is 10.3 Å². The van der Waals surface area contributed by atoms with Gasteiger partial charge in [-0.15, -0.1) is 0 Å². The Kier molecular flexibility index (Phi) is 1.73. The number of imidazole rings is 1. The minimum absolute atomic E-state index is 0.664. The summed E-state index contributed by atoms with van der Waals surface area (Å²) in [6.45, 7) is 0. The number of hydrogen-bond donors (Lipinski definition) is 1. The number of hydrogen-bond acceptors (Lipinski definition) is 2. The highest BCUT2D eigenvalue weighted by Gasteiger charge is 1.99. The number of rotatable bonds is 2. The molecule has 2 rings (SSSR count). The van der Waals surface area contributed by atoms with Gasteiger partial charge in [-0.2, -0.15) is 0 Å². The van der Waals surface area contributed by atoms with Crippen molar-refractivity contribution in [2.45, 2.75) is 0 Å². The van der Waals surface area contributed by atoms with Crippen LogP contribution in [0.5, 0.6) is 0 Å². The van der Waals surface area contributed by atoms with Crippen molar-refractivity contribution in [2.75, 3.05) is 5.32 Å². The maximum atomic E-state index is 10.2. The van der Waals surface area contributed by atoms with Crippen LogP contribution in [0.15, 0.2) is 24.5 Å². The van der Waals surface area contributed by atoms with Crippen LogP contribution in [0.4, 0.5) is 5.69 Å². The number of anilines is 1. The average molecular weight is 175 g/mol. The minimum Gasteiger partial charge on any atom is -0.334 e. The monoisotopic (exact) mass is 175 g/mol. The molecular formula is C9H9N3O. The van der Waals surface area contributed by atoms with E-state index in [1.54, 1.807) is 6.33 Å². The van der Waals surface area contributed by atoms with Crippen LogP contribution in [0.25, 0.3) is 11.0 Å². The van der Waals surface area contributed by atoms with Gasteiger partial charge < -0.3 is 9.88 Å². The van der Waals surface area contributed by atoms with Crippen LogP contribution in [0.3, 0.4) is 0 Å². The lowest BCUT2D eigenvalue weighted by Gasteiger charge is -1.98. The topological polar surface area (TPSA) is 46.9 Å². The normalized spacial score (nSPS) is 10.2. The second-order valence-corrected chi connectivity index (χ2v) is 2.82. The molecule has 13 heavy (non-hydrogen) atoms. The highest BCUT2D eigenvalue weighted by molar-refractivity contribution is 5.83. The summed E-state index contributed by atoms with van der Waals surface area (Å²) in [4.78, 5) is 14.4. The Labute approximate surface area is 75.2 Å². The van der Waals surface area contributed by atoms with Gasteiger partial charge in [-0.1, -0.05) is 0 Å². The lowest BCUT2D eigenvalue weighted by Crippen LogP contribution is -1.93. The highest BCUT2D eigenvalue weighted by atomic mass is 16.1. The Hall–Kier alpha value is -1.84. The van der Waals surface area contributed by atoms with Crippen molar-refractivity contribution in [1.29, 1.82) is 0 Å². The number of carbonyl (C=O) groups is 1. The number of benzene rings is 1. The first-order valence-electron chi connectivity index (χ1n) is 3.92. The molecular weight excluding hydrogens is 166 g/mol. The van der Waals surface area contributed by atoms with E-state index in [9.17, 15) is 4.79 Å². The summed E-state index contributed by atoms with van der Waals surface area (Å²) in [6, 6.07) is 5.58. The molecule has 0 unspecified atom stereocenters. The zero-order valence-corrected chi connectivity index (χ0v) is 7.19. The van der Waals surface area contributed by atoms with E-state index >= 15 is 0 Å². The maximum Gasteiger partial charge on any atom is 0.211 e. The van der Waals surface area contributed by atoms with Gasteiger partial charge in [-0.25, -0.2) is 4.98 Å². The average Bonchev–Trinajstić information content (AvgIpc) is 2.49. The largest absolute Gasteiger partial charge is 0.334 e. The quantitative estimate of drug-likeness (QED) is 0.696. The van der Waals surface area contributed by atoms with Gasteiger partial charge in [0.15, 0.2) is 0 Å². The Balaban J connectivity index is 2.58. The summed E-state index contributed by atoms with van der Waals surface area (Å²) < 4.78 is 1.91. The van der Waals surface area contributed by atoms with Crippen LogP contribution in [0.1, 0.15) is 0 Å². The van der Waals surface area contributed by atoms with Gasteiger partial charge in [-0.3, -0.25) is 4.79 Å². The van der Waals surface area contributed by atoms with Crippen LogP contribution in [0.2, 0.25) is 0 Å². The van der Waals surface area contributed by atoms with Crippen LogP contribution in [-0.4, -0.2) is 16.0 Å². The van der Waals surface area contributed by atoms with E-state index in [4.69, 9.17) is 0 Å². The fourth-order valence-corrected chi connectivity index (χ4v) is 1.28. The third-order valence-electron chi connectivity index (χ3n) is 1.95. The summed E-state index contributed by atoms with van der Waals surface area (Å²) in [7, 11) is 1.92. The second-order valence-electron chi connectivity index (χ2n) is 2.82. The maximum absolute atomic E-state index is 10.2. The number of aromatic nitrogens is 2. The molecule has 0 fully saturated rings.